The third-order valence-corrected chi connectivity index (χ3v) is 6.82. The van der Waals surface area contributed by atoms with E-state index in [1.54, 1.807) is 43.3 Å². The van der Waals surface area contributed by atoms with Crippen molar-refractivity contribution in [2.75, 3.05) is 11.5 Å². The number of aryl methyl sites for hydroxylation is 2. The number of carbonyl (C=O) groups is 3. The number of aromatic nitrogens is 1. The molecule has 34 heavy (non-hydrogen) atoms. The molecule has 0 aliphatic carbocycles. The number of aliphatic hydroxyl groups is 1. The van der Waals surface area contributed by atoms with E-state index in [1.165, 1.54) is 11.8 Å². The topological polar surface area (TPSA) is 96.8 Å². The number of amides is 1. The molecule has 0 saturated carbocycles. The largest absolute Gasteiger partial charge is 0.507 e. The summed E-state index contributed by atoms with van der Waals surface area (Å²) in [5.41, 5.74) is 2.44. The van der Waals surface area contributed by atoms with Gasteiger partial charge in [0, 0.05) is 12.5 Å². The fraction of sp³-hybridized carbons (Fsp3) is 0.231. The number of Topliss-reactive ketones (excluding diaryl/α,β-unsaturated/α-hetero) is 2. The zero-order chi connectivity index (χ0) is 24.6. The minimum absolute atomic E-state index is 0.0419. The minimum atomic E-state index is -0.938. The number of benzene rings is 2. The molecule has 3 aromatic rings. The first kappa shape index (κ1) is 23.4. The van der Waals surface area contributed by atoms with Gasteiger partial charge in [0.25, 0.3) is 5.78 Å². The quantitative estimate of drug-likeness (QED) is 0.233. The molecule has 0 spiro atoms. The van der Waals surface area contributed by atoms with Gasteiger partial charge in [0.05, 0.1) is 28.8 Å². The summed E-state index contributed by atoms with van der Waals surface area (Å²) in [6, 6.07) is 13.1. The number of anilines is 1. The van der Waals surface area contributed by atoms with Crippen LogP contribution in [0, 0.1) is 13.8 Å². The molecule has 7 nitrogen and oxygen atoms in total. The van der Waals surface area contributed by atoms with Crippen LogP contribution in [0.3, 0.4) is 0 Å². The van der Waals surface area contributed by atoms with Crippen LogP contribution >= 0.6 is 11.3 Å². The first-order valence-corrected chi connectivity index (χ1v) is 11.6. The monoisotopic (exact) mass is 476 g/mol. The summed E-state index contributed by atoms with van der Waals surface area (Å²) < 4.78 is 5.62. The summed E-state index contributed by atoms with van der Waals surface area (Å²) in [7, 11) is 0. The van der Waals surface area contributed by atoms with E-state index in [0.717, 1.165) is 16.9 Å². The lowest BCUT2D eigenvalue weighted by Crippen LogP contribution is -2.29. The fourth-order valence-corrected chi connectivity index (χ4v) is 4.95. The summed E-state index contributed by atoms with van der Waals surface area (Å²) in [5, 5.41) is 11.4. The van der Waals surface area contributed by atoms with Gasteiger partial charge in [-0.2, -0.15) is 0 Å². The van der Waals surface area contributed by atoms with E-state index < -0.39 is 17.7 Å². The molecule has 0 bridgehead atoms. The van der Waals surface area contributed by atoms with Gasteiger partial charge in [0.1, 0.15) is 11.5 Å². The molecule has 1 N–H and O–H groups in total. The molecule has 4 rings (SSSR count). The van der Waals surface area contributed by atoms with Gasteiger partial charge in [-0.05, 0) is 38.5 Å². The van der Waals surface area contributed by atoms with Gasteiger partial charge in [-0.3, -0.25) is 19.3 Å². The van der Waals surface area contributed by atoms with E-state index in [9.17, 15) is 19.5 Å². The second kappa shape index (κ2) is 9.23. The third-order valence-electron chi connectivity index (χ3n) is 5.57. The van der Waals surface area contributed by atoms with Crippen LogP contribution in [0.25, 0.3) is 5.76 Å². The van der Waals surface area contributed by atoms with Crippen LogP contribution < -0.4 is 9.64 Å². The van der Waals surface area contributed by atoms with E-state index in [0.29, 0.717) is 34.1 Å². The molecule has 1 aromatic heterocycles. The molecule has 0 radical (unpaired) electrons. The van der Waals surface area contributed by atoms with Crippen molar-refractivity contribution in [3.63, 3.8) is 0 Å². The van der Waals surface area contributed by atoms with E-state index >= 15 is 0 Å². The second-order valence-electron chi connectivity index (χ2n) is 8.01. The summed E-state index contributed by atoms with van der Waals surface area (Å²) in [6.07, 6.45) is 0. The van der Waals surface area contributed by atoms with Crippen molar-refractivity contribution in [1.82, 2.24) is 4.98 Å². The van der Waals surface area contributed by atoms with Crippen molar-refractivity contribution in [3.8, 4) is 5.75 Å². The number of hydrogen-bond acceptors (Lipinski definition) is 7. The first-order chi connectivity index (χ1) is 16.2. The number of ether oxygens (including phenoxy) is 1. The molecule has 1 amide bonds. The molecular formula is C26H24N2O5S. The number of ketones is 2. The predicted molar refractivity (Wildman–Crippen MR) is 130 cm³/mol. The maximum absolute atomic E-state index is 13.3. The van der Waals surface area contributed by atoms with Crippen molar-refractivity contribution in [3.05, 3.63) is 81.4 Å². The lowest BCUT2D eigenvalue weighted by Gasteiger charge is -2.23. The zero-order valence-corrected chi connectivity index (χ0v) is 20.1. The SMILES string of the molecule is CCOc1cccc([C@H]2C(=C(O)c3ccc(C)cc3)C(=O)C(=O)N2c2nc(C)c(C(C)=O)s2)c1. The minimum Gasteiger partial charge on any atom is -0.507 e. The van der Waals surface area contributed by atoms with E-state index in [1.807, 2.05) is 26.0 Å². The van der Waals surface area contributed by atoms with Crippen LogP contribution in [0.2, 0.25) is 0 Å². The molecule has 1 fully saturated rings. The van der Waals surface area contributed by atoms with Crippen molar-refractivity contribution < 1.29 is 24.2 Å². The lowest BCUT2D eigenvalue weighted by molar-refractivity contribution is -0.132. The van der Waals surface area contributed by atoms with Crippen LogP contribution in [0.4, 0.5) is 5.13 Å². The number of rotatable bonds is 6. The Morgan fingerprint density at radius 1 is 1.15 bits per heavy atom. The number of carbonyl (C=O) groups excluding carboxylic acids is 3. The van der Waals surface area contributed by atoms with E-state index in [2.05, 4.69) is 4.98 Å². The Bertz CT molecular complexity index is 1320. The van der Waals surface area contributed by atoms with Crippen LogP contribution in [0.1, 0.15) is 51.9 Å². The summed E-state index contributed by atoms with van der Waals surface area (Å²) in [4.78, 5) is 44.7. The maximum Gasteiger partial charge on any atom is 0.301 e. The van der Waals surface area contributed by atoms with Crippen LogP contribution in [0.15, 0.2) is 54.1 Å². The van der Waals surface area contributed by atoms with Crippen molar-refractivity contribution in [2.45, 2.75) is 33.7 Å². The van der Waals surface area contributed by atoms with Crippen molar-refractivity contribution >= 4 is 39.7 Å². The van der Waals surface area contributed by atoms with Gasteiger partial charge in [-0.1, -0.05) is 53.3 Å². The maximum atomic E-state index is 13.3. The number of nitrogens with zero attached hydrogens (tertiary/aromatic N) is 2. The molecule has 1 atom stereocenters. The zero-order valence-electron chi connectivity index (χ0n) is 19.3. The number of aliphatic hydroxyl groups excluding tert-OH is 1. The molecule has 8 heteroatoms. The highest BCUT2D eigenvalue weighted by Crippen LogP contribution is 2.44. The molecule has 174 valence electrons. The highest BCUT2D eigenvalue weighted by molar-refractivity contribution is 7.18. The lowest BCUT2D eigenvalue weighted by atomic mass is 9.95. The number of thiazole rings is 1. The van der Waals surface area contributed by atoms with Crippen LogP contribution in [-0.2, 0) is 9.59 Å². The Balaban J connectivity index is 1.95. The van der Waals surface area contributed by atoms with E-state index in [-0.39, 0.29) is 22.2 Å². The van der Waals surface area contributed by atoms with Gasteiger partial charge < -0.3 is 9.84 Å². The van der Waals surface area contributed by atoms with Crippen molar-refractivity contribution in [2.24, 2.45) is 0 Å². The molecular weight excluding hydrogens is 452 g/mol. The Hall–Kier alpha value is -3.78. The third kappa shape index (κ3) is 4.12. The average Bonchev–Trinajstić information content (AvgIpc) is 3.31. The smallest absolute Gasteiger partial charge is 0.301 e. The van der Waals surface area contributed by atoms with Crippen molar-refractivity contribution in [1.29, 1.82) is 0 Å². The highest BCUT2D eigenvalue weighted by atomic mass is 32.1. The Morgan fingerprint density at radius 3 is 2.47 bits per heavy atom. The average molecular weight is 477 g/mol. The van der Waals surface area contributed by atoms with Gasteiger partial charge in [0.2, 0.25) is 0 Å². The Morgan fingerprint density at radius 2 is 1.85 bits per heavy atom. The summed E-state index contributed by atoms with van der Waals surface area (Å²) in [5.74, 6) is -1.51. The predicted octanol–water partition coefficient (Wildman–Crippen LogP) is 4.99. The van der Waals surface area contributed by atoms with Gasteiger partial charge >= 0.3 is 5.91 Å². The molecule has 1 aliphatic heterocycles. The highest BCUT2D eigenvalue weighted by Gasteiger charge is 2.48. The molecule has 0 unspecified atom stereocenters. The molecule has 2 heterocycles. The normalized spacial score (nSPS) is 17.3. The molecule has 1 saturated heterocycles. The first-order valence-electron chi connectivity index (χ1n) is 10.8. The Kier molecular flexibility index (Phi) is 6.34. The fourth-order valence-electron chi connectivity index (χ4n) is 3.97. The second-order valence-corrected chi connectivity index (χ2v) is 8.99. The van der Waals surface area contributed by atoms with Gasteiger partial charge in [-0.15, -0.1) is 0 Å². The standard InChI is InChI=1S/C26H24N2O5S/c1-5-33-19-8-6-7-18(13-19)21-20(22(30)17-11-9-14(2)10-12-17)23(31)25(32)28(21)26-27-15(3)24(34-26)16(4)29/h6-13,21,30H,5H2,1-4H3/t21-/m0/s1. The summed E-state index contributed by atoms with van der Waals surface area (Å²) in [6.45, 7) is 7.33. The van der Waals surface area contributed by atoms with Gasteiger partial charge in [-0.25, -0.2) is 4.98 Å². The van der Waals surface area contributed by atoms with Crippen LogP contribution in [-0.4, -0.2) is 34.2 Å². The number of hydrogen-bond donors (Lipinski definition) is 1. The van der Waals surface area contributed by atoms with Crippen LogP contribution in [0.5, 0.6) is 5.75 Å². The molecule has 2 aromatic carbocycles. The van der Waals surface area contributed by atoms with Gasteiger partial charge in [0.15, 0.2) is 10.9 Å². The molecule has 1 aliphatic rings. The Labute approximate surface area is 201 Å². The van der Waals surface area contributed by atoms with E-state index in [4.69, 9.17) is 4.74 Å². The summed E-state index contributed by atoms with van der Waals surface area (Å²) >= 11 is 1.05.